The van der Waals surface area contributed by atoms with E-state index in [1.165, 1.54) is 6.08 Å². The summed E-state index contributed by atoms with van der Waals surface area (Å²) in [5, 5.41) is 9.60. The monoisotopic (exact) mass is 214 g/mol. The molecule has 0 bridgehead atoms. The van der Waals surface area contributed by atoms with Crippen LogP contribution in [-0.4, -0.2) is 11.4 Å². The highest BCUT2D eigenvalue weighted by Gasteiger charge is 1.97. The van der Waals surface area contributed by atoms with Gasteiger partial charge in [-0.25, -0.2) is 0 Å². The Labute approximate surface area is 95.2 Å². The number of hydrogen-bond acceptors (Lipinski definition) is 2. The fourth-order valence-corrected chi connectivity index (χ4v) is 1.19. The summed E-state index contributed by atoms with van der Waals surface area (Å²) in [6.45, 7) is 5.62. The van der Waals surface area contributed by atoms with Crippen molar-refractivity contribution in [2.24, 2.45) is 0 Å². The molecule has 82 valence electrons. The van der Waals surface area contributed by atoms with Crippen LogP contribution in [-0.2, 0) is 4.79 Å². The summed E-state index contributed by atoms with van der Waals surface area (Å²) in [6.07, 6.45) is 7.43. The minimum Gasteiger partial charge on any atom is -0.507 e. The number of aromatic hydroxyl groups is 1. The third kappa shape index (κ3) is 3.58. The normalized spacial score (nSPS) is 11.1. The predicted octanol–water partition coefficient (Wildman–Crippen LogP) is 3.19. The van der Waals surface area contributed by atoms with Crippen LogP contribution in [0.4, 0.5) is 0 Å². The van der Waals surface area contributed by atoms with Gasteiger partial charge in [0.15, 0.2) is 0 Å². The number of hydrogen-bond donors (Lipinski definition) is 1. The summed E-state index contributed by atoms with van der Waals surface area (Å²) in [6, 6.07) is 5.14. The molecule has 0 aliphatic heterocycles. The number of aldehydes is 1. The Kier molecular flexibility index (Phi) is 4.28. The Morgan fingerprint density at radius 2 is 2.12 bits per heavy atom. The molecule has 16 heavy (non-hydrogen) atoms. The van der Waals surface area contributed by atoms with Crippen LogP contribution in [0.2, 0.25) is 0 Å². The van der Waals surface area contributed by atoms with Crippen LogP contribution in [0, 0.1) is 0 Å². The van der Waals surface area contributed by atoms with Gasteiger partial charge in [0.1, 0.15) is 12.0 Å². The number of carbonyl (C=O) groups excluding carboxylic acids is 1. The van der Waals surface area contributed by atoms with Gasteiger partial charge >= 0.3 is 0 Å². The van der Waals surface area contributed by atoms with E-state index in [0.717, 1.165) is 17.4 Å². The van der Waals surface area contributed by atoms with Crippen LogP contribution in [0.25, 0.3) is 12.2 Å². The Morgan fingerprint density at radius 1 is 1.38 bits per heavy atom. The molecule has 0 spiro atoms. The molecule has 2 heteroatoms. The molecule has 1 aromatic rings. The van der Waals surface area contributed by atoms with Gasteiger partial charge in [0.25, 0.3) is 0 Å². The van der Waals surface area contributed by atoms with Crippen LogP contribution in [0.5, 0.6) is 5.75 Å². The van der Waals surface area contributed by atoms with E-state index in [9.17, 15) is 9.90 Å². The van der Waals surface area contributed by atoms with Crippen molar-refractivity contribution in [3.63, 3.8) is 0 Å². The second kappa shape index (κ2) is 5.71. The molecule has 0 saturated carbocycles. The number of rotatable bonds is 4. The number of benzene rings is 1. The molecular formula is C14H14O2. The molecule has 0 atom stereocenters. The maximum Gasteiger partial charge on any atom is 0.142 e. The average Bonchev–Trinajstić information content (AvgIpc) is 2.26. The van der Waals surface area contributed by atoms with Crippen molar-refractivity contribution in [3.05, 3.63) is 53.6 Å². The zero-order valence-electron chi connectivity index (χ0n) is 9.18. The van der Waals surface area contributed by atoms with Crippen molar-refractivity contribution < 1.29 is 9.90 Å². The van der Waals surface area contributed by atoms with E-state index in [1.54, 1.807) is 30.4 Å². The van der Waals surface area contributed by atoms with Gasteiger partial charge in [0, 0.05) is 5.56 Å². The zero-order chi connectivity index (χ0) is 12.0. The molecular weight excluding hydrogens is 200 g/mol. The first-order chi connectivity index (χ1) is 7.63. The van der Waals surface area contributed by atoms with Gasteiger partial charge in [0.05, 0.1) is 0 Å². The maximum absolute atomic E-state index is 10.2. The van der Waals surface area contributed by atoms with Gasteiger partial charge in [0.2, 0.25) is 0 Å². The standard InChI is InChI=1S/C14H14O2/c1-11(2)5-7-13-10-12(4-3-9-15)6-8-14(13)16/h3-10,16H,1H2,2H3/b4-3+,7-5+. The molecule has 0 radical (unpaired) electrons. The molecule has 1 rings (SSSR count). The van der Waals surface area contributed by atoms with E-state index in [4.69, 9.17) is 0 Å². The Balaban J connectivity index is 3.03. The molecule has 1 N–H and O–H groups in total. The van der Waals surface area contributed by atoms with Crippen molar-refractivity contribution in [1.82, 2.24) is 0 Å². The van der Waals surface area contributed by atoms with E-state index >= 15 is 0 Å². The van der Waals surface area contributed by atoms with Crippen LogP contribution < -0.4 is 0 Å². The largest absolute Gasteiger partial charge is 0.507 e. The Hall–Kier alpha value is -2.09. The predicted molar refractivity (Wildman–Crippen MR) is 67.1 cm³/mol. The lowest BCUT2D eigenvalue weighted by Crippen LogP contribution is -1.78. The van der Waals surface area contributed by atoms with Gasteiger partial charge in [-0.1, -0.05) is 36.4 Å². The van der Waals surface area contributed by atoms with Crippen molar-refractivity contribution >= 4 is 18.4 Å². The van der Waals surface area contributed by atoms with Gasteiger partial charge < -0.3 is 5.11 Å². The Morgan fingerprint density at radius 3 is 2.75 bits per heavy atom. The van der Waals surface area contributed by atoms with Crippen molar-refractivity contribution in [3.8, 4) is 5.75 Å². The van der Waals surface area contributed by atoms with Crippen molar-refractivity contribution in [2.45, 2.75) is 6.92 Å². The quantitative estimate of drug-likeness (QED) is 0.475. The molecule has 2 nitrogen and oxygen atoms in total. The van der Waals surface area contributed by atoms with E-state index in [-0.39, 0.29) is 5.75 Å². The third-order valence-electron chi connectivity index (χ3n) is 1.97. The van der Waals surface area contributed by atoms with E-state index < -0.39 is 0 Å². The molecule has 0 aliphatic rings. The lowest BCUT2D eigenvalue weighted by Gasteiger charge is -2.00. The fraction of sp³-hybridized carbons (Fsp3) is 0.0714. The van der Waals surface area contributed by atoms with Gasteiger partial charge in [-0.2, -0.15) is 0 Å². The van der Waals surface area contributed by atoms with Gasteiger partial charge in [-0.3, -0.25) is 4.79 Å². The highest BCUT2D eigenvalue weighted by molar-refractivity contribution is 5.75. The van der Waals surface area contributed by atoms with Crippen molar-refractivity contribution in [2.75, 3.05) is 0 Å². The fourth-order valence-electron chi connectivity index (χ4n) is 1.19. The molecule has 1 aromatic carbocycles. The zero-order valence-corrected chi connectivity index (χ0v) is 9.18. The smallest absolute Gasteiger partial charge is 0.142 e. The number of phenols is 1. The number of phenolic OH excluding ortho intramolecular Hbond substituents is 1. The van der Waals surface area contributed by atoms with Crippen LogP contribution >= 0.6 is 0 Å². The topological polar surface area (TPSA) is 37.3 Å². The van der Waals surface area contributed by atoms with Crippen LogP contribution in [0.15, 0.2) is 42.5 Å². The van der Waals surface area contributed by atoms with E-state index in [2.05, 4.69) is 6.58 Å². The highest BCUT2D eigenvalue weighted by Crippen LogP contribution is 2.21. The molecule has 0 unspecified atom stereocenters. The summed E-state index contributed by atoms with van der Waals surface area (Å²) in [5.41, 5.74) is 2.48. The average molecular weight is 214 g/mol. The Bertz CT molecular complexity index is 454. The molecule has 0 aromatic heterocycles. The van der Waals surface area contributed by atoms with Crippen molar-refractivity contribution in [1.29, 1.82) is 0 Å². The summed E-state index contributed by atoms with van der Waals surface area (Å²) in [5.74, 6) is 0.209. The van der Waals surface area contributed by atoms with Gasteiger partial charge in [-0.15, -0.1) is 0 Å². The third-order valence-corrected chi connectivity index (χ3v) is 1.97. The van der Waals surface area contributed by atoms with Crippen LogP contribution in [0.3, 0.4) is 0 Å². The summed E-state index contributed by atoms with van der Waals surface area (Å²) >= 11 is 0. The molecule has 0 saturated heterocycles. The highest BCUT2D eigenvalue weighted by atomic mass is 16.3. The number of allylic oxidation sites excluding steroid dienone is 3. The summed E-state index contributed by atoms with van der Waals surface area (Å²) in [7, 11) is 0. The van der Waals surface area contributed by atoms with Crippen LogP contribution in [0.1, 0.15) is 18.1 Å². The molecule has 0 fully saturated rings. The maximum atomic E-state index is 10.2. The van der Waals surface area contributed by atoms with E-state index in [1.807, 2.05) is 13.0 Å². The number of carbonyl (C=O) groups is 1. The second-order valence-corrected chi connectivity index (χ2v) is 3.49. The molecule has 0 heterocycles. The first-order valence-electron chi connectivity index (χ1n) is 4.92. The van der Waals surface area contributed by atoms with Gasteiger partial charge in [-0.05, 0) is 30.7 Å². The lowest BCUT2D eigenvalue weighted by molar-refractivity contribution is -0.104. The first-order valence-corrected chi connectivity index (χ1v) is 4.92. The first kappa shape index (κ1) is 12.0. The summed E-state index contributed by atoms with van der Waals surface area (Å²) in [4.78, 5) is 10.2. The lowest BCUT2D eigenvalue weighted by atomic mass is 10.1. The summed E-state index contributed by atoms with van der Waals surface area (Å²) < 4.78 is 0. The minimum absolute atomic E-state index is 0.209. The second-order valence-electron chi connectivity index (χ2n) is 3.49. The minimum atomic E-state index is 0.209. The molecule has 0 amide bonds. The molecule has 0 aliphatic carbocycles. The SMILES string of the molecule is C=C(C)/C=C/c1cc(/C=C/C=O)ccc1O. The van der Waals surface area contributed by atoms with E-state index in [0.29, 0.717) is 5.56 Å².